The molecule has 0 spiro atoms. The van der Waals surface area contributed by atoms with Crippen LogP contribution in [-0.2, 0) is 16.6 Å². The number of benzene rings is 1. The van der Waals surface area contributed by atoms with E-state index >= 15 is 4.39 Å². The Morgan fingerprint density at radius 1 is 0.974 bits per heavy atom. The Hall–Kier alpha value is -4.62. The number of pyridine rings is 3. The van der Waals surface area contributed by atoms with Gasteiger partial charge in [0.25, 0.3) is 0 Å². The number of aromatic amines is 2. The normalized spacial score (nSPS) is 12.0. The van der Waals surface area contributed by atoms with Crippen molar-refractivity contribution in [2.24, 2.45) is 0 Å². The van der Waals surface area contributed by atoms with Crippen molar-refractivity contribution in [2.75, 3.05) is 6.26 Å². The molecule has 0 fully saturated rings. The first-order valence-electron chi connectivity index (χ1n) is 11.7. The fraction of sp³-hybridized carbons (Fsp3) is 0.115. The molecule has 0 aliphatic carbocycles. The zero-order chi connectivity index (χ0) is 27.3. The van der Waals surface area contributed by atoms with E-state index in [1.54, 1.807) is 30.6 Å². The van der Waals surface area contributed by atoms with E-state index in [2.05, 4.69) is 39.8 Å². The Balaban J connectivity index is 1.47. The zero-order valence-corrected chi connectivity index (χ0v) is 21.4. The molecule has 0 aliphatic heterocycles. The van der Waals surface area contributed by atoms with Gasteiger partial charge < -0.3 is 4.98 Å². The van der Waals surface area contributed by atoms with E-state index in [1.165, 1.54) is 24.5 Å². The number of aromatic nitrogens is 7. The standard InChI is InChI=1S/C26H20F2N8O2S/c1-13-3-5-29-11-17(13)23-21(28)20-19(12-31-23)35-36-25(20)26-33-18-4-6-30-22(24(18)34-26)15-7-14(8-16(27)9-15)10-32-39(2,37)38/h3-9,11-12,32H,10H2,1-2H3,(H,33,34)(H,35,36). The second-order valence-corrected chi connectivity index (χ2v) is 10.9. The largest absolute Gasteiger partial charge is 0.336 e. The number of hydrogen-bond donors (Lipinski definition) is 3. The van der Waals surface area contributed by atoms with Crippen molar-refractivity contribution in [2.45, 2.75) is 13.5 Å². The van der Waals surface area contributed by atoms with Crippen LogP contribution in [0.4, 0.5) is 8.78 Å². The van der Waals surface area contributed by atoms with Gasteiger partial charge >= 0.3 is 0 Å². The molecule has 3 N–H and O–H groups in total. The van der Waals surface area contributed by atoms with Gasteiger partial charge in [-0.3, -0.25) is 20.1 Å². The molecule has 1 aromatic carbocycles. The van der Waals surface area contributed by atoms with Crippen LogP contribution in [0.3, 0.4) is 0 Å². The number of H-pyrrole nitrogens is 2. The van der Waals surface area contributed by atoms with Crippen LogP contribution in [-0.4, -0.2) is 49.8 Å². The first-order chi connectivity index (χ1) is 18.7. The van der Waals surface area contributed by atoms with E-state index in [1.807, 2.05) is 6.92 Å². The molecule has 39 heavy (non-hydrogen) atoms. The maximum atomic E-state index is 15.9. The van der Waals surface area contributed by atoms with Crippen molar-refractivity contribution >= 4 is 32.0 Å². The van der Waals surface area contributed by atoms with E-state index < -0.39 is 21.7 Å². The van der Waals surface area contributed by atoms with Crippen molar-refractivity contribution in [3.05, 3.63) is 77.9 Å². The van der Waals surface area contributed by atoms with Gasteiger partial charge in [-0.2, -0.15) is 5.10 Å². The molecular weight excluding hydrogens is 526 g/mol. The maximum absolute atomic E-state index is 15.9. The lowest BCUT2D eigenvalue weighted by Crippen LogP contribution is -2.21. The second kappa shape index (κ2) is 9.29. The summed E-state index contributed by atoms with van der Waals surface area (Å²) in [6.45, 7) is 1.76. The topological polar surface area (TPSA) is 142 Å². The zero-order valence-electron chi connectivity index (χ0n) is 20.6. The Morgan fingerprint density at radius 2 is 1.82 bits per heavy atom. The summed E-state index contributed by atoms with van der Waals surface area (Å²) >= 11 is 0. The third-order valence-corrected chi connectivity index (χ3v) is 6.90. The smallest absolute Gasteiger partial charge is 0.209 e. The predicted octanol–water partition coefficient (Wildman–Crippen LogP) is 4.26. The highest BCUT2D eigenvalue weighted by atomic mass is 32.2. The van der Waals surface area contributed by atoms with Gasteiger partial charge in [0.1, 0.15) is 22.7 Å². The summed E-state index contributed by atoms with van der Waals surface area (Å²) in [5, 5.41) is 7.31. The molecular formula is C26H20F2N8O2S. The minimum Gasteiger partial charge on any atom is -0.336 e. The third-order valence-electron chi connectivity index (χ3n) is 6.23. The highest BCUT2D eigenvalue weighted by molar-refractivity contribution is 7.88. The molecule has 0 amide bonds. The molecule has 0 aliphatic rings. The molecule has 196 valence electrons. The average molecular weight is 547 g/mol. The molecule has 5 aromatic heterocycles. The van der Waals surface area contributed by atoms with Crippen LogP contribution in [0.5, 0.6) is 0 Å². The summed E-state index contributed by atoms with van der Waals surface area (Å²) in [7, 11) is -3.47. The van der Waals surface area contributed by atoms with E-state index in [0.717, 1.165) is 11.8 Å². The summed E-state index contributed by atoms with van der Waals surface area (Å²) in [4.78, 5) is 20.6. The molecule has 6 rings (SSSR count). The number of imidazole rings is 1. The summed E-state index contributed by atoms with van der Waals surface area (Å²) < 4.78 is 55.7. The maximum Gasteiger partial charge on any atom is 0.209 e. The fourth-order valence-electron chi connectivity index (χ4n) is 4.41. The summed E-state index contributed by atoms with van der Waals surface area (Å²) in [5.41, 5.74) is 4.32. The highest BCUT2D eigenvalue weighted by Crippen LogP contribution is 2.34. The monoisotopic (exact) mass is 546 g/mol. The molecule has 13 heteroatoms. The molecule has 6 aromatic rings. The first kappa shape index (κ1) is 24.7. The van der Waals surface area contributed by atoms with Gasteiger partial charge in [-0.15, -0.1) is 0 Å². The van der Waals surface area contributed by atoms with E-state index in [4.69, 9.17) is 0 Å². The van der Waals surface area contributed by atoms with Gasteiger partial charge in [0, 0.05) is 36.3 Å². The highest BCUT2D eigenvalue weighted by Gasteiger charge is 2.22. The minimum atomic E-state index is -3.47. The third kappa shape index (κ3) is 4.62. The van der Waals surface area contributed by atoms with Gasteiger partial charge in [-0.25, -0.2) is 26.9 Å². The van der Waals surface area contributed by atoms with Gasteiger partial charge in [0.2, 0.25) is 10.0 Å². The number of nitrogens with zero attached hydrogens (tertiary/aromatic N) is 5. The fourth-order valence-corrected chi connectivity index (χ4v) is 4.84. The van der Waals surface area contributed by atoms with Crippen molar-refractivity contribution in [1.82, 2.24) is 39.8 Å². The molecule has 10 nitrogen and oxygen atoms in total. The summed E-state index contributed by atoms with van der Waals surface area (Å²) in [6.07, 6.45) is 7.26. The SMILES string of the molecule is Cc1ccncc1-c1ncc2[nH]nc(-c3nc4c(-c5cc(F)cc(CNS(C)(=O)=O)c5)nccc4[nH]3)c2c1F. The average Bonchev–Trinajstić information content (AvgIpc) is 3.52. The van der Waals surface area contributed by atoms with Crippen LogP contribution in [0.2, 0.25) is 0 Å². The molecule has 0 atom stereocenters. The van der Waals surface area contributed by atoms with Crippen LogP contribution in [0, 0.1) is 18.6 Å². The molecule has 0 bridgehead atoms. The number of sulfonamides is 1. The van der Waals surface area contributed by atoms with E-state index in [0.29, 0.717) is 38.9 Å². The number of halogens is 2. The molecule has 0 saturated carbocycles. The lowest BCUT2D eigenvalue weighted by atomic mass is 10.1. The van der Waals surface area contributed by atoms with E-state index in [-0.39, 0.29) is 29.1 Å². The lowest BCUT2D eigenvalue weighted by Gasteiger charge is -2.07. The van der Waals surface area contributed by atoms with Crippen molar-refractivity contribution in [3.8, 4) is 34.0 Å². The van der Waals surface area contributed by atoms with Crippen molar-refractivity contribution < 1.29 is 17.2 Å². The number of nitrogens with one attached hydrogen (secondary N) is 3. The van der Waals surface area contributed by atoms with Crippen molar-refractivity contribution in [3.63, 3.8) is 0 Å². The van der Waals surface area contributed by atoms with Crippen LogP contribution < -0.4 is 4.72 Å². The summed E-state index contributed by atoms with van der Waals surface area (Å²) in [5.74, 6) is -0.849. The number of rotatable bonds is 6. The van der Waals surface area contributed by atoms with Gasteiger partial charge in [0.15, 0.2) is 11.6 Å². The minimum absolute atomic E-state index is 0.0866. The van der Waals surface area contributed by atoms with E-state index in [9.17, 15) is 12.8 Å². The lowest BCUT2D eigenvalue weighted by molar-refractivity contribution is 0.586. The summed E-state index contributed by atoms with van der Waals surface area (Å²) in [6, 6.07) is 7.64. The number of hydrogen-bond acceptors (Lipinski definition) is 7. The van der Waals surface area contributed by atoms with Crippen LogP contribution in [0.25, 0.3) is 56.0 Å². The van der Waals surface area contributed by atoms with Gasteiger partial charge in [0.05, 0.1) is 34.6 Å². The number of aryl methyl sites for hydroxylation is 1. The molecule has 0 unspecified atom stereocenters. The van der Waals surface area contributed by atoms with Gasteiger partial charge in [-0.1, -0.05) is 0 Å². The van der Waals surface area contributed by atoms with Gasteiger partial charge in [-0.05, 0) is 48.4 Å². The quantitative estimate of drug-likeness (QED) is 0.283. The second-order valence-electron chi connectivity index (χ2n) is 9.05. The molecule has 0 radical (unpaired) electrons. The van der Waals surface area contributed by atoms with Crippen LogP contribution >= 0.6 is 0 Å². The van der Waals surface area contributed by atoms with Crippen molar-refractivity contribution in [1.29, 1.82) is 0 Å². The van der Waals surface area contributed by atoms with Crippen LogP contribution in [0.1, 0.15) is 11.1 Å². The first-order valence-corrected chi connectivity index (χ1v) is 13.6. The van der Waals surface area contributed by atoms with Crippen LogP contribution in [0.15, 0.2) is 55.1 Å². The Morgan fingerprint density at radius 3 is 2.62 bits per heavy atom. The Kier molecular flexibility index (Phi) is 5.88. The molecule has 0 saturated heterocycles. The molecule has 5 heterocycles. The number of fused-ring (bicyclic) bond motifs is 2. The Bertz CT molecular complexity index is 2000. The predicted molar refractivity (Wildman–Crippen MR) is 142 cm³/mol. The Labute approximate surface area is 220 Å².